The predicted octanol–water partition coefficient (Wildman–Crippen LogP) is 4.27. The Morgan fingerprint density at radius 3 is 2.02 bits per heavy atom. The van der Waals surface area contributed by atoms with E-state index in [0.29, 0.717) is 18.3 Å². The van der Waals surface area contributed by atoms with Gasteiger partial charge in [0.2, 0.25) is 0 Å². The van der Waals surface area contributed by atoms with Crippen molar-refractivity contribution in [1.82, 2.24) is 0 Å². The predicted molar refractivity (Wildman–Crippen MR) is 165 cm³/mol. The van der Waals surface area contributed by atoms with E-state index in [1.54, 1.807) is 0 Å². The van der Waals surface area contributed by atoms with Gasteiger partial charge >= 0.3 is 23.9 Å². The van der Waals surface area contributed by atoms with Crippen molar-refractivity contribution in [2.75, 3.05) is 19.8 Å². The smallest absolute Gasteiger partial charge is 0.317 e. The van der Waals surface area contributed by atoms with E-state index >= 15 is 0 Å². The third-order valence-corrected chi connectivity index (χ3v) is 14.5. The third kappa shape index (κ3) is 5.07. The van der Waals surface area contributed by atoms with Gasteiger partial charge in [-0.1, -0.05) is 13.8 Å². The molecular weight excluding hydrogens is 588 g/mol. The minimum Gasteiger partial charge on any atom is -0.463 e. The fourth-order valence-electron chi connectivity index (χ4n) is 13.2. The molecule has 0 aromatic heterocycles. The fourth-order valence-corrected chi connectivity index (χ4v) is 13.2. The van der Waals surface area contributed by atoms with Crippen LogP contribution < -0.4 is 0 Å². The average Bonchev–Trinajstić information content (AvgIpc) is 3.81. The molecule has 1 saturated heterocycles. The molecule has 0 amide bonds. The van der Waals surface area contributed by atoms with Crippen molar-refractivity contribution < 1.29 is 43.6 Å². The molecule has 8 aliphatic rings. The van der Waals surface area contributed by atoms with Crippen molar-refractivity contribution in [3.8, 4) is 0 Å². The summed E-state index contributed by atoms with van der Waals surface area (Å²) in [4.78, 5) is 54.5. The summed E-state index contributed by atoms with van der Waals surface area (Å²) in [6, 6.07) is 0. The molecular formula is C37H54O9. The van der Waals surface area contributed by atoms with Crippen LogP contribution in [-0.2, 0) is 33.4 Å². The summed E-state index contributed by atoms with van der Waals surface area (Å²) in [5.41, 5.74) is -0.599. The average molecular weight is 643 g/mol. The Labute approximate surface area is 272 Å². The zero-order valence-corrected chi connectivity index (χ0v) is 28.1. The Bertz CT molecular complexity index is 1240. The molecule has 46 heavy (non-hydrogen) atoms. The molecule has 1 aliphatic heterocycles. The van der Waals surface area contributed by atoms with Crippen LogP contribution in [0.5, 0.6) is 0 Å². The maximum absolute atomic E-state index is 14.0. The van der Waals surface area contributed by atoms with E-state index in [2.05, 4.69) is 13.8 Å². The van der Waals surface area contributed by atoms with Crippen molar-refractivity contribution in [3.63, 3.8) is 0 Å². The number of hydrogen-bond acceptors (Lipinski definition) is 9. The van der Waals surface area contributed by atoms with Gasteiger partial charge in [-0.05, 0) is 143 Å². The number of hydrogen-bond donors (Lipinski definition) is 2. The van der Waals surface area contributed by atoms with Crippen LogP contribution >= 0.6 is 0 Å². The van der Waals surface area contributed by atoms with Gasteiger partial charge in [-0.25, -0.2) is 0 Å². The highest BCUT2D eigenvalue weighted by Gasteiger charge is 2.68. The summed E-state index contributed by atoms with van der Waals surface area (Å²) in [6.45, 7) is 10.1. The molecule has 0 aromatic rings. The number of aliphatic hydroxyl groups is 2. The molecule has 9 heteroatoms. The molecule has 8 rings (SSSR count). The molecule has 7 saturated carbocycles. The normalized spacial score (nSPS) is 49.1. The number of rotatable bonds is 8. The first-order valence-electron chi connectivity index (χ1n) is 18.2. The Hall–Kier alpha value is -2.00. The Morgan fingerprint density at radius 1 is 0.739 bits per heavy atom. The number of carbonyl (C=O) groups is 4. The minimum atomic E-state index is -0.599. The maximum Gasteiger partial charge on any atom is 0.317 e. The van der Waals surface area contributed by atoms with Gasteiger partial charge in [0.15, 0.2) is 0 Å². The number of carbonyl (C=O) groups excluding carboxylic acids is 4. The first-order valence-corrected chi connectivity index (χ1v) is 18.2. The van der Waals surface area contributed by atoms with Crippen LogP contribution in [0.2, 0.25) is 0 Å². The molecule has 17 atom stereocenters. The second-order valence-electron chi connectivity index (χ2n) is 17.4. The van der Waals surface area contributed by atoms with Crippen molar-refractivity contribution >= 4 is 23.9 Å². The monoisotopic (exact) mass is 642 g/mol. The summed E-state index contributed by atoms with van der Waals surface area (Å²) < 4.78 is 17.0. The highest BCUT2D eigenvalue weighted by Crippen LogP contribution is 2.68. The van der Waals surface area contributed by atoms with Crippen molar-refractivity contribution in [2.24, 2.45) is 101 Å². The maximum atomic E-state index is 14.0. The van der Waals surface area contributed by atoms with Crippen LogP contribution in [0.3, 0.4) is 0 Å². The lowest BCUT2D eigenvalue weighted by Crippen LogP contribution is -2.57. The Balaban J connectivity index is 1.24. The summed E-state index contributed by atoms with van der Waals surface area (Å²) in [7, 11) is 0. The van der Waals surface area contributed by atoms with Crippen LogP contribution in [-0.4, -0.2) is 59.5 Å². The highest BCUT2D eigenvalue weighted by molar-refractivity contribution is 5.97. The van der Waals surface area contributed by atoms with E-state index in [1.807, 2.05) is 20.8 Å². The first-order chi connectivity index (χ1) is 21.8. The molecule has 0 aromatic carbocycles. The number of fused-ring (bicyclic) bond motifs is 7. The van der Waals surface area contributed by atoms with Crippen molar-refractivity contribution in [3.05, 3.63) is 0 Å². The van der Waals surface area contributed by atoms with Gasteiger partial charge in [0.05, 0.1) is 30.3 Å². The van der Waals surface area contributed by atoms with E-state index in [-0.39, 0.29) is 121 Å². The number of ether oxygens (including phenoxy) is 3. The second kappa shape index (κ2) is 11.9. The van der Waals surface area contributed by atoms with E-state index < -0.39 is 17.4 Å². The molecule has 7 aliphatic carbocycles. The topological polar surface area (TPSA) is 136 Å². The van der Waals surface area contributed by atoms with Crippen LogP contribution in [0, 0.1) is 101 Å². The van der Waals surface area contributed by atoms with Gasteiger partial charge in [0.1, 0.15) is 12.2 Å². The zero-order chi connectivity index (χ0) is 32.8. The fraction of sp³-hybridized carbons (Fsp3) is 0.892. The van der Waals surface area contributed by atoms with Gasteiger partial charge < -0.3 is 24.4 Å². The first kappa shape index (κ1) is 32.5. The second-order valence-corrected chi connectivity index (χ2v) is 17.4. The van der Waals surface area contributed by atoms with Crippen molar-refractivity contribution in [1.29, 1.82) is 0 Å². The summed E-state index contributed by atoms with van der Waals surface area (Å²) in [5.74, 6) is -0.485. The number of cyclic esters (lactones) is 2. The largest absolute Gasteiger partial charge is 0.463 e. The SMILES string of the molecule is CC1C2CC(CO)C(C2)C1C1C(=O)OC(=O)C1C1C2CCC(C(C(=O)OC(C)(C)C)C2)C1C1C2CC(C(=O)OCCO)C(C2)C1C. The Kier molecular flexibility index (Phi) is 8.38. The highest BCUT2D eigenvalue weighted by atomic mass is 16.6. The van der Waals surface area contributed by atoms with Crippen LogP contribution in [0.1, 0.15) is 79.6 Å². The molecule has 6 bridgehead atoms. The third-order valence-electron chi connectivity index (χ3n) is 14.5. The Morgan fingerprint density at radius 2 is 1.39 bits per heavy atom. The van der Waals surface area contributed by atoms with E-state index in [0.717, 1.165) is 38.5 Å². The molecule has 0 spiro atoms. The molecule has 0 radical (unpaired) electrons. The lowest BCUT2D eigenvalue weighted by Gasteiger charge is -2.58. The zero-order valence-electron chi connectivity index (χ0n) is 28.1. The molecule has 9 nitrogen and oxygen atoms in total. The molecule has 17 unspecified atom stereocenters. The van der Waals surface area contributed by atoms with Crippen LogP contribution in [0.25, 0.3) is 0 Å². The number of esters is 4. The lowest BCUT2D eigenvalue weighted by atomic mass is 9.45. The molecule has 1 heterocycles. The molecule has 2 N–H and O–H groups in total. The van der Waals surface area contributed by atoms with Crippen LogP contribution in [0.15, 0.2) is 0 Å². The van der Waals surface area contributed by atoms with Gasteiger partial charge in [-0.2, -0.15) is 0 Å². The standard InChI is InChI=1S/C37H54O9/c1-16-19-10-21(15-39)24(12-19)28(16)31-32(36(43)45-35(31)42)29-18-6-7-22(25(11-18)34(41)46-37(3,4)5)30(29)27-17(2)23-13-20(27)14-26(23)33(40)44-9-8-38/h16-32,38-39H,6-15H2,1-5H3. The lowest BCUT2D eigenvalue weighted by molar-refractivity contribution is -0.179. The molecule has 8 fully saturated rings. The summed E-state index contributed by atoms with van der Waals surface area (Å²) in [5, 5.41) is 19.4. The van der Waals surface area contributed by atoms with E-state index in [4.69, 9.17) is 14.2 Å². The van der Waals surface area contributed by atoms with E-state index in [1.165, 1.54) is 0 Å². The quantitative estimate of drug-likeness (QED) is 0.226. The van der Waals surface area contributed by atoms with Crippen LogP contribution in [0.4, 0.5) is 0 Å². The van der Waals surface area contributed by atoms with Gasteiger partial charge in [0, 0.05) is 6.61 Å². The summed E-state index contributed by atoms with van der Waals surface area (Å²) >= 11 is 0. The van der Waals surface area contributed by atoms with E-state index in [9.17, 15) is 29.4 Å². The van der Waals surface area contributed by atoms with Crippen molar-refractivity contribution in [2.45, 2.75) is 85.2 Å². The molecule has 256 valence electrons. The summed E-state index contributed by atoms with van der Waals surface area (Å²) in [6.07, 6.45) is 6.12. The van der Waals surface area contributed by atoms with Gasteiger partial charge in [-0.15, -0.1) is 0 Å². The van der Waals surface area contributed by atoms with Gasteiger partial charge in [-0.3, -0.25) is 19.2 Å². The number of aliphatic hydroxyl groups excluding tert-OH is 2. The van der Waals surface area contributed by atoms with Gasteiger partial charge in [0.25, 0.3) is 0 Å². The minimum absolute atomic E-state index is 0.00827.